The molecule has 0 spiro atoms. The summed E-state index contributed by atoms with van der Waals surface area (Å²) in [7, 11) is 0. The molecule has 0 radical (unpaired) electrons. The third-order valence-electron chi connectivity index (χ3n) is 4.54. The van der Waals surface area contributed by atoms with Gasteiger partial charge in [0.1, 0.15) is 0 Å². The van der Waals surface area contributed by atoms with E-state index in [4.69, 9.17) is 10.5 Å². The molecule has 0 unspecified atom stereocenters. The molecule has 3 N–H and O–H groups in total. The van der Waals surface area contributed by atoms with Gasteiger partial charge in [0.25, 0.3) is 0 Å². The van der Waals surface area contributed by atoms with Gasteiger partial charge in [-0.1, -0.05) is 43.3 Å². The second kappa shape index (κ2) is 9.36. The molecule has 1 saturated heterocycles. The molecule has 2 aromatic rings. The number of hydrogen-bond donors (Lipinski definition) is 2. The van der Waals surface area contributed by atoms with Crippen LogP contribution in [-0.4, -0.2) is 37.2 Å². The molecule has 5 nitrogen and oxygen atoms in total. The number of ether oxygens (including phenoxy) is 1. The van der Waals surface area contributed by atoms with E-state index in [1.54, 1.807) is 0 Å². The first kappa shape index (κ1) is 18.4. The van der Waals surface area contributed by atoms with Crippen LogP contribution in [-0.2, 0) is 24.2 Å². The van der Waals surface area contributed by atoms with Gasteiger partial charge in [0.05, 0.1) is 19.8 Å². The predicted molar refractivity (Wildman–Crippen MR) is 107 cm³/mol. The fraction of sp³-hybridized carbons (Fsp3) is 0.381. The van der Waals surface area contributed by atoms with E-state index in [2.05, 4.69) is 58.5 Å². The summed E-state index contributed by atoms with van der Waals surface area (Å²) in [4.78, 5) is 6.90. The zero-order valence-electron chi connectivity index (χ0n) is 15.4. The molecular formula is C21H28N4O. The fourth-order valence-corrected chi connectivity index (χ4v) is 3.08. The van der Waals surface area contributed by atoms with Gasteiger partial charge >= 0.3 is 0 Å². The molecule has 0 atom stereocenters. The van der Waals surface area contributed by atoms with Crippen LogP contribution in [0.15, 0.2) is 53.5 Å². The molecule has 1 heterocycles. The molecule has 0 bridgehead atoms. The zero-order chi connectivity index (χ0) is 18.2. The number of aliphatic imine (C=N–C) groups is 1. The minimum atomic E-state index is 0.442. The fourth-order valence-electron chi connectivity index (χ4n) is 3.08. The van der Waals surface area contributed by atoms with Crippen molar-refractivity contribution in [1.82, 2.24) is 4.90 Å². The normalized spacial score (nSPS) is 15.8. The number of aryl methyl sites for hydroxylation is 1. The molecule has 3 rings (SSSR count). The highest BCUT2D eigenvalue weighted by Gasteiger charge is 2.10. The van der Waals surface area contributed by atoms with E-state index in [9.17, 15) is 0 Å². The highest BCUT2D eigenvalue weighted by Crippen LogP contribution is 2.12. The monoisotopic (exact) mass is 352 g/mol. The van der Waals surface area contributed by atoms with E-state index in [1.165, 1.54) is 16.7 Å². The molecule has 1 aliphatic rings. The van der Waals surface area contributed by atoms with Crippen LogP contribution in [0.2, 0.25) is 0 Å². The van der Waals surface area contributed by atoms with E-state index in [-0.39, 0.29) is 0 Å². The number of guanidine groups is 1. The lowest BCUT2D eigenvalue weighted by Crippen LogP contribution is -2.35. The number of rotatable bonds is 6. The lowest BCUT2D eigenvalue weighted by Gasteiger charge is -2.26. The van der Waals surface area contributed by atoms with E-state index in [1.807, 2.05) is 12.1 Å². The smallest absolute Gasteiger partial charge is 0.193 e. The van der Waals surface area contributed by atoms with Crippen LogP contribution in [0.1, 0.15) is 23.6 Å². The number of nitrogens with one attached hydrogen (secondary N) is 1. The second-order valence-electron chi connectivity index (χ2n) is 6.59. The number of benzene rings is 2. The Kier molecular flexibility index (Phi) is 6.63. The molecule has 0 aromatic heterocycles. The lowest BCUT2D eigenvalue weighted by atomic mass is 10.1. The molecule has 1 fully saturated rings. The number of anilines is 1. The first-order valence-corrected chi connectivity index (χ1v) is 9.27. The van der Waals surface area contributed by atoms with E-state index < -0.39 is 0 Å². The van der Waals surface area contributed by atoms with Crippen LogP contribution in [0.5, 0.6) is 0 Å². The van der Waals surface area contributed by atoms with Crippen molar-refractivity contribution in [3.63, 3.8) is 0 Å². The van der Waals surface area contributed by atoms with Crippen molar-refractivity contribution < 1.29 is 4.74 Å². The lowest BCUT2D eigenvalue weighted by molar-refractivity contribution is 0.0342. The van der Waals surface area contributed by atoms with Crippen molar-refractivity contribution >= 4 is 11.6 Å². The summed E-state index contributed by atoms with van der Waals surface area (Å²) >= 11 is 0. The Morgan fingerprint density at radius 2 is 1.81 bits per heavy atom. The predicted octanol–water partition coefficient (Wildman–Crippen LogP) is 3.01. The second-order valence-corrected chi connectivity index (χ2v) is 6.59. The molecule has 1 aliphatic heterocycles. The van der Waals surface area contributed by atoms with Crippen LogP contribution in [0.3, 0.4) is 0 Å². The molecule has 5 heteroatoms. The minimum absolute atomic E-state index is 0.442. The molecular weight excluding hydrogens is 324 g/mol. The quantitative estimate of drug-likeness (QED) is 0.620. The molecule has 0 aliphatic carbocycles. The average molecular weight is 352 g/mol. The third kappa shape index (κ3) is 5.58. The molecule has 0 saturated carbocycles. The average Bonchev–Trinajstić information content (AvgIpc) is 2.68. The van der Waals surface area contributed by atoms with Crippen molar-refractivity contribution in [3.05, 3.63) is 65.2 Å². The Morgan fingerprint density at radius 3 is 2.62 bits per heavy atom. The first-order valence-electron chi connectivity index (χ1n) is 9.27. The van der Waals surface area contributed by atoms with Crippen molar-refractivity contribution in [3.8, 4) is 0 Å². The number of nitrogens with zero attached hydrogens (tertiary/aromatic N) is 2. The summed E-state index contributed by atoms with van der Waals surface area (Å²) in [6.07, 6.45) is 1.00. The third-order valence-corrected chi connectivity index (χ3v) is 4.54. The maximum absolute atomic E-state index is 6.05. The van der Waals surface area contributed by atoms with Crippen molar-refractivity contribution in [2.75, 3.05) is 31.6 Å². The highest BCUT2D eigenvalue weighted by atomic mass is 16.5. The number of nitrogens with two attached hydrogens (primary N) is 1. The van der Waals surface area contributed by atoms with Crippen molar-refractivity contribution in [1.29, 1.82) is 0 Å². The van der Waals surface area contributed by atoms with E-state index in [0.29, 0.717) is 12.5 Å². The SMILES string of the molecule is CCc1cccc(NC(N)=NCc2cccc(CN3CCOCC3)c2)c1. The van der Waals surface area contributed by atoms with Gasteiger partial charge in [0, 0.05) is 25.3 Å². The van der Waals surface area contributed by atoms with Gasteiger partial charge in [-0.2, -0.15) is 0 Å². The summed E-state index contributed by atoms with van der Waals surface area (Å²) < 4.78 is 5.41. The standard InChI is InChI=1S/C21H28N4O/c1-2-17-5-4-8-20(14-17)24-21(22)23-15-18-6-3-7-19(13-18)16-25-9-11-26-12-10-25/h3-8,13-14H,2,9-12,15-16H2,1H3,(H3,22,23,24). The van der Waals surface area contributed by atoms with Gasteiger partial charge in [-0.3, -0.25) is 4.90 Å². The number of hydrogen-bond acceptors (Lipinski definition) is 3. The van der Waals surface area contributed by atoms with Gasteiger partial charge in [0.2, 0.25) is 0 Å². The van der Waals surface area contributed by atoms with Gasteiger partial charge in [0.15, 0.2) is 5.96 Å². The van der Waals surface area contributed by atoms with Gasteiger partial charge < -0.3 is 15.8 Å². The summed E-state index contributed by atoms with van der Waals surface area (Å²) in [5.41, 5.74) is 10.8. The molecule has 0 amide bonds. The Balaban J connectivity index is 1.57. The van der Waals surface area contributed by atoms with Crippen molar-refractivity contribution in [2.45, 2.75) is 26.4 Å². The Morgan fingerprint density at radius 1 is 1.08 bits per heavy atom. The molecule has 2 aromatic carbocycles. The number of morpholine rings is 1. The van der Waals surface area contributed by atoms with Crippen LogP contribution >= 0.6 is 0 Å². The summed E-state index contributed by atoms with van der Waals surface area (Å²) in [5, 5.41) is 3.17. The zero-order valence-corrected chi connectivity index (χ0v) is 15.4. The summed E-state index contributed by atoms with van der Waals surface area (Å²) in [5.74, 6) is 0.442. The Bertz CT molecular complexity index is 738. The van der Waals surface area contributed by atoms with Crippen LogP contribution < -0.4 is 11.1 Å². The Hall–Kier alpha value is -2.37. The largest absolute Gasteiger partial charge is 0.379 e. The topological polar surface area (TPSA) is 62.9 Å². The summed E-state index contributed by atoms with van der Waals surface area (Å²) in [6, 6.07) is 16.8. The maximum Gasteiger partial charge on any atom is 0.193 e. The van der Waals surface area contributed by atoms with E-state index >= 15 is 0 Å². The summed E-state index contributed by atoms with van der Waals surface area (Å²) in [6.45, 7) is 7.31. The maximum atomic E-state index is 6.05. The van der Waals surface area contributed by atoms with E-state index in [0.717, 1.165) is 45.0 Å². The van der Waals surface area contributed by atoms with Crippen molar-refractivity contribution in [2.24, 2.45) is 10.7 Å². The molecule has 26 heavy (non-hydrogen) atoms. The van der Waals surface area contributed by atoms with Gasteiger partial charge in [-0.25, -0.2) is 4.99 Å². The first-order chi connectivity index (χ1) is 12.7. The minimum Gasteiger partial charge on any atom is -0.379 e. The highest BCUT2D eigenvalue weighted by molar-refractivity contribution is 5.92. The van der Waals surface area contributed by atoms with Crippen LogP contribution in [0, 0.1) is 0 Å². The van der Waals surface area contributed by atoms with Gasteiger partial charge in [-0.05, 0) is 35.2 Å². The van der Waals surface area contributed by atoms with Gasteiger partial charge in [-0.15, -0.1) is 0 Å². The van der Waals surface area contributed by atoms with Crippen LogP contribution in [0.25, 0.3) is 0 Å². The molecule has 138 valence electrons. The van der Waals surface area contributed by atoms with Crippen LogP contribution in [0.4, 0.5) is 5.69 Å². The Labute approximate surface area is 155 Å².